The molecule has 0 spiro atoms. The number of carbonyl (C=O) groups excluding carboxylic acids is 2. The van der Waals surface area contributed by atoms with E-state index in [1.54, 1.807) is 20.8 Å². The molecule has 3 fully saturated rings. The van der Waals surface area contributed by atoms with Gasteiger partial charge in [-0.25, -0.2) is 9.59 Å². The molecule has 3 saturated heterocycles. The first kappa shape index (κ1) is 13.5. The molecule has 0 amide bonds. The summed E-state index contributed by atoms with van der Waals surface area (Å²) >= 11 is 0. The fourth-order valence-electron chi connectivity index (χ4n) is 2.62. The maximum atomic E-state index is 11.8. The molecule has 7 nitrogen and oxygen atoms in total. The first-order valence-corrected chi connectivity index (χ1v) is 6.52. The summed E-state index contributed by atoms with van der Waals surface area (Å²) < 4.78 is 26.9. The summed E-state index contributed by atoms with van der Waals surface area (Å²) in [5.74, 6) is -1.96. The normalized spacial score (nSPS) is 39.5. The van der Waals surface area contributed by atoms with Crippen LogP contribution in [0.25, 0.3) is 0 Å². The fraction of sp³-hybridized carbons (Fsp3) is 0.692. The van der Waals surface area contributed by atoms with Crippen molar-refractivity contribution in [1.82, 2.24) is 0 Å². The number of esters is 2. The van der Waals surface area contributed by atoms with Crippen molar-refractivity contribution in [3.05, 3.63) is 11.6 Å². The van der Waals surface area contributed by atoms with Gasteiger partial charge in [0.2, 0.25) is 0 Å². The zero-order chi connectivity index (χ0) is 14.5. The standard InChI is InChI=1S/C13H16O7/c1-4-16-7(14)5-6-8-9(17-11(6)15)10-12(18-8)20-13(2,3)19-10/h5,8-10,12H,4H2,1-3H3/b6-5-/t8-,9+,10-,12+/m1/s1. The van der Waals surface area contributed by atoms with Crippen LogP contribution in [0, 0.1) is 0 Å². The molecule has 0 bridgehead atoms. The van der Waals surface area contributed by atoms with E-state index >= 15 is 0 Å². The number of ether oxygens (including phenoxy) is 5. The lowest BCUT2D eigenvalue weighted by Gasteiger charge is -2.20. The third-order valence-electron chi connectivity index (χ3n) is 3.34. The van der Waals surface area contributed by atoms with Gasteiger partial charge in [0.25, 0.3) is 0 Å². The Kier molecular flexibility index (Phi) is 3.07. The smallest absolute Gasteiger partial charge is 0.337 e. The highest BCUT2D eigenvalue weighted by Gasteiger charge is 2.61. The molecule has 0 N–H and O–H groups in total. The third-order valence-corrected chi connectivity index (χ3v) is 3.34. The van der Waals surface area contributed by atoms with Gasteiger partial charge in [0.15, 0.2) is 24.3 Å². The van der Waals surface area contributed by atoms with Crippen molar-refractivity contribution in [1.29, 1.82) is 0 Å². The topological polar surface area (TPSA) is 80.3 Å². The average Bonchev–Trinajstić information content (AvgIpc) is 2.89. The van der Waals surface area contributed by atoms with Crippen molar-refractivity contribution < 1.29 is 33.3 Å². The van der Waals surface area contributed by atoms with E-state index in [4.69, 9.17) is 23.7 Å². The molecule has 0 unspecified atom stereocenters. The van der Waals surface area contributed by atoms with Gasteiger partial charge in [0.1, 0.15) is 6.10 Å². The van der Waals surface area contributed by atoms with E-state index in [1.165, 1.54) is 0 Å². The summed E-state index contributed by atoms with van der Waals surface area (Å²) in [4.78, 5) is 23.3. The summed E-state index contributed by atoms with van der Waals surface area (Å²) in [6, 6.07) is 0. The van der Waals surface area contributed by atoms with Crippen molar-refractivity contribution in [2.24, 2.45) is 0 Å². The first-order chi connectivity index (χ1) is 9.41. The van der Waals surface area contributed by atoms with Gasteiger partial charge in [-0.2, -0.15) is 0 Å². The lowest BCUT2D eigenvalue weighted by Crippen LogP contribution is -2.32. The minimum absolute atomic E-state index is 0.146. The molecule has 110 valence electrons. The monoisotopic (exact) mass is 284 g/mol. The van der Waals surface area contributed by atoms with Crippen LogP contribution in [0.1, 0.15) is 20.8 Å². The molecular weight excluding hydrogens is 268 g/mol. The van der Waals surface area contributed by atoms with Gasteiger partial charge in [0.05, 0.1) is 12.2 Å². The second-order valence-corrected chi connectivity index (χ2v) is 5.25. The third kappa shape index (κ3) is 2.11. The summed E-state index contributed by atoms with van der Waals surface area (Å²) in [5, 5.41) is 0. The maximum Gasteiger partial charge on any atom is 0.337 e. The van der Waals surface area contributed by atoms with Crippen LogP contribution < -0.4 is 0 Å². The Morgan fingerprint density at radius 3 is 2.80 bits per heavy atom. The number of rotatable bonds is 2. The van der Waals surface area contributed by atoms with Crippen molar-refractivity contribution in [3.63, 3.8) is 0 Å². The zero-order valence-electron chi connectivity index (χ0n) is 11.5. The number of carbonyl (C=O) groups is 2. The van der Waals surface area contributed by atoms with Crippen LogP contribution in [0.2, 0.25) is 0 Å². The second-order valence-electron chi connectivity index (χ2n) is 5.25. The maximum absolute atomic E-state index is 11.8. The van der Waals surface area contributed by atoms with E-state index in [1.807, 2.05) is 0 Å². The van der Waals surface area contributed by atoms with Crippen LogP contribution in [0.4, 0.5) is 0 Å². The van der Waals surface area contributed by atoms with Crippen LogP contribution in [-0.2, 0) is 33.3 Å². The quantitative estimate of drug-likeness (QED) is 0.532. The Morgan fingerprint density at radius 1 is 1.35 bits per heavy atom. The Labute approximate surface area is 115 Å². The molecule has 0 aromatic heterocycles. The fourth-order valence-corrected chi connectivity index (χ4v) is 2.62. The van der Waals surface area contributed by atoms with Crippen LogP contribution in [0.5, 0.6) is 0 Å². The van der Waals surface area contributed by atoms with E-state index in [0.717, 1.165) is 6.08 Å². The van der Waals surface area contributed by atoms with E-state index in [9.17, 15) is 9.59 Å². The van der Waals surface area contributed by atoms with Crippen molar-refractivity contribution >= 4 is 11.9 Å². The Morgan fingerprint density at radius 2 is 2.10 bits per heavy atom. The summed E-state index contributed by atoms with van der Waals surface area (Å²) in [7, 11) is 0. The molecule has 3 aliphatic heterocycles. The van der Waals surface area contributed by atoms with Gasteiger partial charge in [-0.05, 0) is 20.8 Å². The van der Waals surface area contributed by atoms with Crippen LogP contribution in [0.15, 0.2) is 11.6 Å². The van der Waals surface area contributed by atoms with Gasteiger partial charge >= 0.3 is 11.9 Å². The Bertz CT molecular complexity index is 481. The van der Waals surface area contributed by atoms with Gasteiger partial charge < -0.3 is 23.7 Å². The van der Waals surface area contributed by atoms with Gasteiger partial charge in [0, 0.05) is 6.08 Å². The van der Waals surface area contributed by atoms with Gasteiger partial charge in [-0.1, -0.05) is 0 Å². The molecule has 3 heterocycles. The second kappa shape index (κ2) is 4.54. The average molecular weight is 284 g/mol. The number of fused-ring (bicyclic) bond motifs is 3. The Hall–Kier alpha value is -1.44. The minimum Gasteiger partial charge on any atom is -0.463 e. The lowest BCUT2D eigenvalue weighted by molar-refractivity contribution is -0.207. The van der Waals surface area contributed by atoms with E-state index < -0.39 is 42.3 Å². The zero-order valence-corrected chi connectivity index (χ0v) is 11.5. The molecule has 0 radical (unpaired) electrons. The van der Waals surface area contributed by atoms with Crippen LogP contribution >= 0.6 is 0 Å². The number of hydrogen-bond acceptors (Lipinski definition) is 7. The number of hydrogen-bond donors (Lipinski definition) is 0. The van der Waals surface area contributed by atoms with Crippen molar-refractivity contribution in [2.45, 2.75) is 51.2 Å². The predicted octanol–water partition coefficient (Wildman–Crippen LogP) is 0.278. The van der Waals surface area contributed by atoms with Gasteiger partial charge in [-0.3, -0.25) is 0 Å². The molecule has 0 aliphatic carbocycles. The minimum atomic E-state index is -0.777. The Balaban J connectivity index is 1.79. The molecule has 0 saturated carbocycles. The van der Waals surface area contributed by atoms with Crippen LogP contribution in [0.3, 0.4) is 0 Å². The molecule has 7 heteroatoms. The molecule has 4 atom stereocenters. The largest absolute Gasteiger partial charge is 0.463 e. The molecule has 3 rings (SSSR count). The summed E-state index contributed by atoms with van der Waals surface area (Å²) in [5.41, 5.74) is 0.146. The van der Waals surface area contributed by atoms with E-state index in [0.29, 0.717) is 0 Å². The summed E-state index contributed by atoms with van der Waals surface area (Å²) in [6.07, 6.45) is -1.21. The van der Waals surface area contributed by atoms with E-state index in [2.05, 4.69) is 0 Å². The summed E-state index contributed by atoms with van der Waals surface area (Å²) in [6.45, 7) is 5.44. The molecule has 0 aromatic carbocycles. The molecular formula is C13H16O7. The molecule has 0 aromatic rings. The predicted molar refractivity (Wildman–Crippen MR) is 63.3 cm³/mol. The highest BCUT2D eigenvalue weighted by atomic mass is 16.8. The lowest BCUT2D eigenvalue weighted by atomic mass is 10.1. The van der Waals surface area contributed by atoms with Crippen molar-refractivity contribution in [3.8, 4) is 0 Å². The molecule has 3 aliphatic rings. The SMILES string of the molecule is CCOC(=O)/C=C1\C(=O)O[C@@H]2[C@H]3OC(C)(C)O[C@@H]3O[C@H]12. The van der Waals surface area contributed by atoms with Gasteiger partial charge in [-0.15, -0.1) is 0 Å². The highest BCUT2D eigenvalue weighted by molar-refractivity contribution is 5.99. The molecule has 20 heavy (non-hydrogen) atoms. The highest BCUT2D eigenvalue weighted by Crippen LogP contribution is 2.43. The van der Waals surface area contributed by atoms with Crippen LogP contribution in [-0.4, -0.2) is 48.9 Å². The van der Waals surface area contributed by atoms with E-state index in [-0.39, 0.29) is 12.2 Å². The first-order valence-electron chi connectivity index (χ1n) is 6.52. The van der Waals surface area contributed by atoms with Crippen molar-refractivity contribution in [2.75, 3.05) is 6.61 Å².